The van der Waals surface area contributed by atoms with Gasteiger partial charge >= 0.3 is 13.7 Å². The summed E-state index contributed by atoms with van der Waals surface area (Å²) in [7, 11) is -5.96. The minimum Gasteiger partial charge on any atom is -0.497 e. The minimum atomic E-state index is -4.03. The van der Waals surface area contributed by atoms with Gasteiger partial charge in [0.1, 0.15) is 17.6 Å². The average Bonchev–Trinajstić information content (AvgIpc) is 3.69. The number of amides is 1. The van der Waals surface area contributed by atoms with Crippen molar-refractivity contribution in [1.29, 1.82) is 0 Å². The zero-order chi connectivity index (χ0) is 35.6. The Balaban J connectivity index is 1.52. The molecule has 1 amide bonds. The summed E-state index contributed by atoms with van der Waals surface area (Å²) in [6.45, 7) is 8.14. The van der Waals surface area contributed by atoms with Crippen LogP contribution in [0.15, 0.2) is 53.4 Å². The van der Waals surface area contributed by atoms with Crippen LogP contribution in [0.25, 0.3) is 0 Å². The SMILES string of the molecule is CCOP(=O)(COc1ccc(C[C@H](NC(=O)OC2CO[C@H]3OCC[C@@H]23)[C@H](O)CN(CC(C)C)S(=O)(=O)c2ccc(OC)cc2)cc1)OCC. The smallest absolute Gasteiger partial charge is 0.407 e. The van der Waals surface area contributed by atoms with Gasteiger partial charge in [0.25, 0.3) is 0 Å². The summed E-state index contributed by atoms with van der Waals surface area (Å²) in [5.41, 5.74) is 0.705. The number of benzene rings is 2. The molecule has 2 aromatic rings. The first kappa shape index (κ1) is 39.0. The molecule has 274 valence electrons. The Morgan fingerprint density at radius 3 is 2.29 bits per heavy atom. The third kappa shape index (κ3) is 10.9. The number of sulfonamides is 1. The molecule has 0 radical (unpaired) electrons. The number of aliphatic hydroxyl groups excluding tert-OH is 1. The summed E-state index contributed by atoms with van der Waals surface area (Å²) in [6, 6.07) is 11.9. The van der Waals surface area contributed by atoms with E-state index in [4.69, 9.17) is 32.7 Å². The van der Waals surface area contributed by atoms with Crippen molar-refractivity contribution in [2.75, 3.05) is 53.0 Å². The average molecular weight is 729 g/mol. The van der Waals surface area contributed by atoms with Crippen molar-refractivity contribution < 1.29 is 55.6 Å². The molecule has 2 aliphatic heterocycles. The van der Waals surface area contributed by atoms with Gasteiger partial charge in [-0.1, -0.05) is 26.0 Å². The number of fused-ring (bicyclic) bond motifs is 1. The van der Waals surface area contributed by atoms with Crippen molar-refractivity contribution in [3.63, 3.8) is 0 Å². The van der Waals surface area contributed by atoms with Gasteiger partial charge in [0.05, 0.1) is 56.5 Å². The van der Waals surface area contributed by atoms with Gasteiger partial charge in [0, 0.05) is 13.1 Å². The number of carbonyl (C=O) groups is 1. The molecule has 2 saturated heterocycles. The van der Waals surface area contributed by atoms with Gasteiger partial charge in [-0.15, -0.1) is 0 Å². The first-order valence-corrected chi connectivity index (χ1v) is 19.7. The van der Waals surface area contributed by atoms with E-state index in [1.54, 1.807) is 50.2 Å². The zero-order valence-electron chi connectivity index (χ0n) is 28.7. The first-order chi connectivity index (χ1) is 23.4. The van der Waals surface area contributed by atoms with Crippen molar-refractivity contribution in [1.82, 2.24) is 9.62 Å². The lowest BCUT2D eigenvalue weighted by molar-refractivity contribution is -0.0907. The topological polar surface area (TPSA) is 168 Å². The van der Waals surface area contributed by atoms with Crippen molar-refractivity contribution >= 4 is 23.7 Å². The summed E-state index contributed by atoms with van der Waals surface area (Å²) in [6.07, 6.45) is -2.47. The lowest BCUT2D eigenvalue weighted by Gasteiger charge is -2.31. The number of alkyl carbamates (subject to hydrolysis) is 1. The molecule has 5 atom stereocenters. The van der Waals surface area contributed by atoms with Crippen LogP contribution in [0.5, 0.6) is 11.5 Å². The Bertz CT molecular complexity index is 1480. The molecular formula is C33H49N2O12PS. The summed E-state index contributed by atoms with van der Waals surface area (Å²) < 4.78 is 79.8. The third-order valence-electron chi connectivity index (χ3n) is 8.09. The molecule has 0 aromatic heterocycles. The highest BCUT2D eigenvalue weighted by Gasteiger charge is 2.44. The fraction of sp³-hybridized carbons (Fsp3) is 0.606. The number of hydrogen-bond acceptors (Lipinski definition) is 12. The van der Waals surface area contributed by atoms with E-state index in [9.17, 15) is 22.9 Å². The highest BCUT2D eigenvalue weighted by atomic mass is 32.2. The Labute approximate surface area is 288 Å². The van der Waals surface area contributed by atoms with E-state index in [0.717, 1.165) is 0 Å². The monoisotopic (exact) mass is 728 g/mol. The summed E-state index contributed by atoms with van der Waals surface area (Å²) >= 11 is 0. The van der Waals surface area contributed by atoms with E-state index in [1.807, 2.05) is 13.8 Å². The number of ether oxygens (including phenoxy) is 5. The lowest BCUT2D eigenvalue weighted by atomic mass is 10.0. The van der Waals surface area contributed by atoms with Crippen LogP contribution in [0.4, 0.5) is 4.79 Å². The number of nitrogens with zero attached hydrogens (tertiary/aromatic N) is 1. The molecule has 16 heteroatoms. The molecule has 14 nitrogen and oxygen atoms in total. The standard InChI is InChI=1S/C33H49N2O12PS/c1-6-45-48(38,46-7-2)22-44-26-10-8-24(9-11-26)18-29(34-33(37)47-31-21-43-32-28(31)16-17-42-32)30(36)20-35(19-23(3)4)49(39,40)27-14-12-25(41-5)13-15-27/h8-15,23,28-32,36H,6-7,16-22H2,1-5H3,(H,34,37)/t28-,29-,30+,31?,32+/m0/s1. The molecular weight excluding hydrogens is 679 g/mol. The molecule has 0 spiro atoms. The van der Waals surface area contributed by atoms with Crippen LogP contribution < -0.4 is 14.8 Å². The number of aliphatic hydroxyl groups is 1. The Kier molecular flexibility index (Phi) is 14.3. The fourth-order valence-corrected chi connectivity index (χ4v) is 8.64. The van der Waals surface area contributed by atoms with Crippen LogP contribution in [-0.2, 0) is 44.3 Å². The number of carbonyl (C=O) groups excluding carboxylic acids is 1. The third-order valence-corrected chi connectivity index (χ3v) is 11.7. The fourth-order valence-electron chi connectivity index (χ4n) is 5.70. The second kappa shape index (κ2) is 18.0. The van der Waals surface area contributed by atoms with E-state index in [1.165, 1.54) is 23.5 Å². The van der Waals surface area contributed by atoms with Crippen molar-refractivity contribution in [2.45, 2.75) is 70.0 Å². The quantitative estimate of drug-likeness (QED) is 0.196. The highest BCUT2D eigenvalue weighted by Crippen LogP contribution is 2.47. The number of rotatable bonds is 19. The maximum atomic E-state index is 13.8. The van der Waals surface area contributed by atoms with Crippen molar-refractivity contribution in [2.24, 2.45) is 11.8 Å². The van der Waals surface area contributed by atoms with Crippen LogP contribution in [0.2, 0.25) is 0 Å². The van der Waals surface area contributed by atoms with Crippen molar-refractivity contribution in [3.8, 4) is 11.5 Å². The largest absolute Gasteiger partial charge is 0.497 e. The number of hydrogen-bond donors (Lipinski definition) is 2. The second-order valence-corrected chi connectivity index (χ2v) is 16.2. The van der Waals surface area contributed by atoms with Gasteiger partial charge in [0.15, 0.2) is 12.6 Å². The maximum absolute atomic E-state index is 13.8. The predicted octanol–water partition coefficient (Wildman–Crippen LogP) is 4.40. The molecule has 0 aliphatic carbocycles. The van der Waals surface area contributed by atoms with E-state index >= 15 is 0 Å². The lowest BCUT2D eigenvalue weighted by Crippen LogP contribution is -2.51. The van der Waals surface area contributed by atoms with Gasteiger partial charge in [-0.2, -0.15) is 4.31 Å². The van der Waals surface area contributed by atoms with E-state index in [2.05, 4.69) is 5.32 Å². The Hall–Kier alpha value is -2.75. The normalized spacial score (nSPS) is 20.6. The van der Waals surface area contributed by atoms with Crippen LogP contribution in [0.3, 0.4) is 0 Å². The van der Waals surface area contributed by atoms with Gasteiger partial charge in [-0.3, -0.25) is 4.57 Å². The number of methoxy groups -OCH3 is 1. The molecule has 2 aromatic carbocycles. The van der Waals surface area contributed by atoms with E-state index < -0.39 is 48.3 Å². The summed E-state index contributed by atoms with van der Waals surface area (Å²) in [5.74, 6) is 0.776. The number of nitrogens with one attached hydrogen (secondary N) is 1. The maximum Gasteiger partial charge on any atom is 0.407 e. The minimum absolute atomic E-state index is 0.0495. The Morgan fingerprint density at radius 1 is 1.02 bits per heavy atom. The van der Waals surface area contributed by atoms with Gasteiger partial charge in [-0.05, 0) is 74.6 Å². The summed E-state index contributed by atoms with van der Waals surface area (Å²) in [5, 5.41) is 14.4. The van der Waals surface area contributed by atoms with E-state index in [-0.39, 0.29) is 62.4 Å². The van der Waals surface area contributed by atoms with Crippen LogP contribution >= 0.6 is 7.60 Å². The molecule has 1 unspecified atom stereocenters. The van der Waals surface area contributed by atoms with Crippen LogP contribution in [0, 0.1) is 11.8 Å². The molecule has 49 heavy (non-hydrogen) atoms. The van der Waals surface area contributed by atoms with Gasteiger partial charge in [-0.25, -0.2) is 13.2 Å². The molecule has 4 rings (SSSR count). The molecule has 0 saturated carbocycles. The molecule has 2 fully saturated rings. The van der Waals surface area contributed by atoms with E-state index in [0.29, 0.717) is 30.1 Å². The molecule has 0 bridgehead atoms. The van der Waals surface area contributed by atoms with Crippen molar-refractivity contribution in [3.05, 3.63) is 54.1 Å². The van der Waals surface area contributed by atoms with Gasteiger partial charge < -0.3 is 43.2 Å². The van der Waals surface area contributed by atoms with Crippen LogP contribution in [-0.4, -0.2) is 101 Å². The highest BCUT2D eigenvalue weighted by molar-refractivity contribution is 7.89. The van der Waals surface area contributed by atoms with Gasteiger partial charge in [0.2, 0.25) is 10.0 Å². The predicted molar refractivity (Wildman–Crippen MR) is 180 cm³/mol. The van der Waals surface area contributed by atoms with Crippen LogP contribution in [0.1, 0.15) is 39.7 Å². The first-order valence-electron chi connectivity index (χ1n) is 16.5. The second-order valence-electron chi connectivity index (χ2n) is 12.2. The Morgan fingerprint density at radius 2 is 1.67 bits per heavy atom. The summed E-state index contributed by atoms with van der Waals surface area (Å²) in [4.78, 5) is 13.3. The molecule has 2 aliphatic rings. The molecule has 2 N–H and O–H groups in total. The zero-order valence-corrected chi connectivity index (χ0v) is 30.4. The molecule has 2 heterocycles.